The van der Waals surface area contributed by atoms with Crippen LogP contribution in [0.3, 0.4) is 0 Å². The standard InChI is InChI=1S/C26H29ClF3N6O2P/c1-38-22-14-19(39(37)11-8-31-9-12-39)4-6-21(22)34-23-15-33-24-25(35-23)36(10-2-7-32-24)16-17-13-18(26(28,29)30)3-5-20(17)27/h3-6,13-15,31H,2,7-12,16H2,1H3,(H,32,33)(H,34,35). The summed E-state index contributed by atoms with van der Waals surface area (Å²) < 4.78 is 59.0. The summed E-state index contributed by atoms with van der Waals surface area (Å²) in [5, 5.41) is 10.7. The van der Waals surface area contributed by atoms with Gasteiger partial charge in [0.2, 0.25) is 0 Å². The third-order valence-corrected chi connectivity index (χ3v) is 10.4. The molecule has 0 saturated carbocycles. The predicted octanol–water partition coefficient (Wildman–Crippen LogP) is 5.31. The van der Waals surface area contributed by atoms with Crippen molar-refractivity contribution in [3.63, 3.8) is 0 Å². The van der Waals surface area contributed by atoms with E-state index < -0.39 is 18.9 Å². The third kappa shape index (κ3) is 6.10. The van der Waals surface area contributed by atoms with Gasteiger partial charge in [0.1, 0.15) is 12.9 Å². The third-order valence-electron chi connectivity index (χ3n) is 6.90. The van der Waals surface area contributed by atoms with Crippen molar-refractivity contribution < 1.29 is 22.5 Å². The maximum Gasteiger partial charge on any atom is 0.416 e. The van der Waals surface area contributed by atoms with Crippen LogP contribution in [-0.2, 0) is 17.3 Å². The number of aromatic nitrogens is 2. The Kier molecular flexibility index (Phi) is 7.94. The fourth-order valence-electron chi connectivity index (χ4n) is 4.79. The minimum Gasteiger partial charge on any atom is -0.495 e. The summed E-state index contributed by atoms with van der Waals surface area (Å²) in [5.41, 5.74) is 0.231. The average molecular weight is 581 g/mol. The highest BCUT2D eigenvalue weighted by molar-refractivity contribution is 7.71. The second-order valence-corrected chi connectivity index (χ2v) is 13.1. The number of rotatable bonds is 6. The lowest BCUT2D eigenvalue weighted by Gasteiger charge is -2.25. The molecule has 0 unspecified atom stereocenters. The molecule has 0 atom stereocenters. The molecule has 0 radical (unpaired) electrons. The van der Waals surface area contributed by atoms with Crippen LogP contribution in [0.25, 0.3) is 0 Å². The fraction of sp³-hybridized carbons (Fsp3) is 0.385. The summed E-state index contributed by atoms with van der Waals surface area (Å²) in [6.45, 7) is 2.78. The molecule has 0 amide bonds. The molecule has 5 rings (SSSR count). The molecule has 8 nitrogen and oxygen atoms in total. The number of nitrogens with one attached hydrogen (secondary N) is 3. The molecule has 1 fully saturated rings. The Morgan fingerprint density at radius 2 is 1.95 bits per heavy atom. The SMILES string of the molecule is COc1cc(P2(=O)CCNCC2)ccc1Nc1cnc2c(n1)N(Cc1cc(C(F)(F)F)ccc1Cl)CCCN2. The van der Waals surface area contributed by atoms with Crippen molar-refractivity contribution in [2.45, 2.75) is 19.1 Å². The Morgan fingerprint density at radius 3 is 2.69 bits per heavy atom. The van der Waals surface area contributed by atoms with E-state index in [0.29, 0.717) is 59.9 Å². The van der Waals surface area contributed by atoms with Gasteiger partial charge in [-0.05, 0) is 48.4 Å². The minimum absolute atomic E-state index is 0.137. The van der Waals surface area contributed by atoms with E-state index in [-0.39, 0.29) is 11.6 Å². The van der Waals surface area contributed by atoms with Gasteiger partial charge < -0.3 is 30.2 Å². The first-order valence-electron chi connectivity index (χ1n) is 12.6. The van der Waals surface area contributed by atoms with Crippen LogP contribution in [0.5, 0.6) is 5.75 Å². The normalized spacial score (nSPS) is 17.1. The number of methoxy groups -OCH3 is 1. The van der Waals surface area contributed by atoms with Crippen molar-refractivity contribution >= 4 is 47.2 Å². The fourth-order valence-corrected chi connectivity index (χ4v) is 7.44. The smallest absolute Gasteiger partial charge is 0.416 e. The monoisotopic (exact) mass is 580 g/mol. The van der Waals surface area contributed by atoms with Gasteiger partial charge in [-0.15, -0.1) is 0 Å². The second kappa shape index (κ2) is 11.2. The van der Waals surface area contributed by atoms with Crippen molar-refractivity contribution in [3.05, 3.63) is 58.7 Å². The molecule has 13 heteroatoms. The van der Waals surface area contributed by atoms with Crippen LogP contribution in [0.2, 0.25) is 5.02 Å². The molecule has 0 bridgehead atoms. The van der Waals surface area contributed by atoms with Crippen molar-refractivity contribution in [2.24, 2.45) is 0 Å². The first-order chi connectivity index (χ1) is 18.7. The van der Waals surface area contributed by atoms with Gasteiger partial charge >= 0.3 is 6.18 Å². The van der Waals surface area contributed by atoms with E-state index in [1.165, 1.54) is 6.07 Å². The van der Waals surface area contributed by atoms with Gasteiger partial charge in [-0.25, -0.2) is 9.97 Å². The van der Waals surface area contributed by atoms with E-state index in [9.17, 15) is 17.7 Å². The molecule has 0 aliphatic carbocycles. The molecular formula is C26H29ClF3N6O2P. The lowest BCUT2D eigenvalue weighted by Crippen LogP contribution is -2.32. The number of anilines is 4. The van der Waals surface area contributed by atoms with E-state index in [2.05, 4.69) is 20.9 Å². The Morgan fingerprint density at radius 1 is 1.15 bits per heavy atom. The number of hydrogen-bond acceptors (Lipinski definition) is 8. The van der Waals surface area contributed by atoms with Gasteiger partial charge in [0.25, 0.3) is 0 Å². The van der Waals surface area contributed by atoms with Gasteiger partial charge in [0.15, 0.2) is 17.5 Å². The summed E-state index contributed by atoms with van der Waals surface area (Å²) in [4.78, 5) is 11.1. The maximum absolute atomic E-state index is 13.4. The van der Waals surface area contributed by atoms with Crippen LogP contribution in [-0.4, -0.2) is 55.6 Å². The lowest BCUT2D eigenvalue weighted by atomic mass is 10.1. The molecule has 1 saturated heterocycles. The second-order valence-electron chi connectivity index (χ2n) is 9.53. The molecule has 2 aliphatic heterocycles. The number of hydrogen-bond donors (Lipinski definition) is 3. The maximum atomic E-state index is 13.4. The van der Waals surface area contributed by atoms with Gasteiger partial charge in [-0.2, -0.15) is 13.2 Å². The molecule has 0 spiro atoms. The molecule has 3 aromatic rings. The van der Waals surface area contributed by atoms with E-state index in [1.807, 2.05) is 23.1 Å². The van der Waals surface area contributed by atoms with Crippen LogP contribution >= 0.6 is 18.7 Å². The highest BCUT2D eigenvalue weighted by Gasteiger charge is 2.31. The van der Waals surface area contributed by atoms with Crippen LogP contribution < -0.4 is 30.9 Å². The summed E-state index contributed by atoms with van der Waals surface area (Å²) in [6, 6.07) is 8.82. The number of alkyl halides is 3. The average Bonchev–Trinajstić information content (AvgIpc) is 3.11. The zero-order chi connectivity index (χ0) is 27.6. The van der Waals surface area contributed by atoms with Crippen molar-refractivity contribution in [1.29, 1.82) is 0 Å². The van der Waals surface area contributed by atoms with E-state index >= 15 is 0 Å². The van der Waals surface area contributed by atoms with Crippen molar-refractivity contribution in [2.75, 3.05) is 61.1 Å². The van der Waals surface area contributed by atoms with Gasteiger partial charge in [0, 0.05) is 55.4 Å². The topological polar surface area (TPSA) is 91.4 Å². The Hall–Kier alpha value is -3.01. The number of fused-ring (bicyclic) bond motifs is 1. The Balaban J connectivity index is 1.42. The molecule has 2 aromatic carbocycles. The van der Waals surface area contributed by atoms with Crippen molar-refractivity contribution in [3.8, 4) is 5.75 Å². The van der Waals surface area contributed by atoms with E-state index in [4.69, 9.17) is 21.3 Å². The number of nitrogens with zero attached hydrogens (tertiary/aromatic N) is 3. The van der Waals surface area contributed by atoms with Crippen LogP contribution in [0.15, 0.2) is 42.6 Å². The molecule has 208 valence electrons. The highest BCUT2D eigenvalue weighted by Crippen LogP contribution is 2.46. The molecule has 2 aliphatic rings. The lowest BCUT2D eigenvalue weighted by molar-refractivity contribution is -0.137. The first kappa shape index (κ1) is 27.6. The summed E-state index contributed by atoms with van der Waals surface area (Å²) >= 11 is 6.29. The molecule has 3 N–H and O–H groups in total. The summed E-state index contributed by atoms with van der Waals surface area (Å²) in [5.74, 6) is 1.99. The summed E-state index contributed by atoms with van der Waals surface area (Å²) in [7, 11) is -0.932. The number of benzene rings is 2. The Bertz CT molecular complexity index is 1400. The van der Waals surface area contributed by atoms with E-state index in [1.54, 1.807) is 13.3 Å². The quantitative estimate of drug-likeness (QED) is 0.338. The molecule has 3 heterocycles. The molecule has 1 aromatic heterocycles. The highest BCUT2D eigenvalue weighted by atomic mass is 35.5. The van der Waals surface area contributed by atoms with Gasteiger partial charge in [-0.3, -0.25) is 0 Å². The predicted molar refractivity (Wildman–Crippen MR) is 149 cm³/mol. The van der Waals surface area contributed by atoms with Gasteiger partial charge in [-0.1, -0.05) is 11.6 Å². The van der Waals surface area contributed by atoms with Crippen LogP contribution in [0.1, 0.15) is 17.5 Å². The zero-order valence-electron chi connectivity index (χ0n) is 21.3. The van der Waals surface area contributed by atoms with E-state index in [0.717, 1.165) is 36.9 Å². The minimum atomic E-state index is -4.47. The molecular weight excluding hydrogens is 552 g/mol. The molecule has 39 heavy (non-hydrogen) atoms. The number of halogens is 4. The van der Waals surface area contributed by atoms with Gasteiger partial charge in [0.05, 0.1) is 24.6 Å². The zero-order valence-corrected chi connectivity index (χ0v) is 23.0. The van der Waals surface area contributed by atoms with Crippen LogP contribution in [0.4, 0.5) is 36.3 Å². The van der Waals surface area contributed by atoms with Crippen LogP contribution in [0, 0.1) is 0 Å². The largest absolute Gasteiger partial charge is 0.495 e. The Labute approximate surface area is 229 Å². The number of ether oxygens (including phenoxy) is 1. The summed E-state index contributed by atoms with van der Waals surface area (Å²) in [6.07, 6.45) is -0.933. The van der Waals surface area contributed by atoms with Crippen molar-refractivity contribution in [1.82, 2.24) is 15.3 Å². The first-order valence-corrected chi connectivity index (χ1v) is 15.1.